The Kier molecular flexibility index (Phi) is 5.00. The lowest BCUT2D eigenvalue weighted by Crippen LogP contribution is -2.07. The van der Waals surface area contributed by atoms with Crippen LogP contribution in [0.2, 0.25) is 0 Å². The lowest BCUT2D eigenvalue weighted by molar-refractivity contribution is 0.324. The second-order valence-corrected chi connectivity index (χ2v) is 4.46. The van der Waals surface area contributed by atoms with Gasteiger partial charge >= 0.3 is 0 Å². The van der Waals surface area contributed by atoms with Crippen molar-refractivity contribution in [2.75, 3.05) is 28.4 Å². The Morgan fingerprint density at radius 3 is 2.24 bits per heavy atom. The van der Waals surface area contributed by atoms with Crippen molar-refractivity contribution in [1.82, 2.24) is 10.3 Å². The van der Waals surface area contributed by atoms with E-state index >= 15 is 0 Å². The summed E-state index contributed by atoms with van der Waals surface area (Å²) in [6, 6.07) is 7.78. The van der Waals surface area contributed by atoms with Crippen molar-refractivity contribution in [2.24, 2.45) is 0 Å². The second kappa shape index (κ2) is 6.95. The fourth-order valence-electron chi connectivity index (χ4n) is 2.25. The first-order valence-electron chi connectivity index (χ1n) is 6.64. The summed E-state index contributed by atoms with van der Waals surface area (Å²) in [6.07, 6.45) is 1.78. The number of benzene rings is 1. The molecule has 0 fully saturated rings. The standard InChI is InChI=1S/C16H20N2O3/c1-17-10-11-6-5-7-18-15(11)12-8-13(19-2)16(21-4)14(9-12)20-3/h5-9,17H,10H2,1-4H3. The average molecular weight is 288 g/mol. The number of pyridine rings is 1. The van der Waals surface area contributed by atoms with Crippen molar-refractivity contribution in [3.63, 3.8) is 0 Å². The van der Waals surface area contributed by atoms with Crippen molar-refractivity contribution in [2.45, 2.75) is 6.54 Å². The second-order valence-electron chi connectivity index (χ2n) is 4.46. The molecule has 5 nitrogen and oxygen atoms in total. The molecular weight excluding hydrogens is 268 g/mol. The van der Waals surface area contributed by atoms with E-state index < -0.39 is 0 Å². The normalized spacial score (nSPS) is 10.3. The van der Waals surface area contributed by atoms with E-state index in [1.54, 1.807) is 27.5 Å². The Hall–Kier alpha value is -2.27. The van der Waals surface area contributed by atoms with Crippen molar-refractivity contribution < 1.29 is 14.2 Å². The first kappa shape index (κ1) is 15.1. The van der Waals surface area contributed by atoms with Gasteiger partial charge in [-0.2, -0.15) is 0 Å². The Balaban J connectivity index is 2.59. The van der Waals surface area contributed by atoms with Gasteiger partial charge in [0.1, 0.15) is 0 Å². The summed E-state index contributed by atoms with van der Waals surface area (Å²) in [4.78, 5) is 4.48. The molecule has 0 radical (unpaired) electrons. The van der Waals surface area contributed by atoms with E-state index in [-0.39, 0.29) is 0 Å². The van der Waals surface area contributed by atoms with Gasteiger partial charge in [0, 0.05) is 18.3 Å². The highest BCUT2D eigenvalue weighted by atomic mass is 16.5. The fraction of sp³-hybridized carbons (Fsp3) is 0.312. The zero-order valence-electron chi connectivity index (χ0n) is 12.8. The number of hydrogen-bond donors (Lipinski definition) is 1. The molecule has 0 aliphatic heterocycles. The highest BCUT2D eigenvalue weighted by Crippen LogP contribution is 2.41. The quantitative estimate of drug-likeness (QED) is 0.885. The molecule has 1 N–H and O–H groups in total. The number of ether oxygens (including phenoxy) is 3. The molecule has 0 aliphatic rings. The van der Waals surface area contributed by atoms with E-state index in [9.17, 15) is 0 Å². The van der Waals surface area contributed by atoms with Crippen LogP contribution in [-0.4, -0.2) is 33.4 Å². The van der Waals surface area contributed by atoms with Crippen LogP contribution in [0.25, 0.3) is 11.3 Å². The molecule has 0 atom stereocenters. The number of rotatable bonds is 6. The lowest BCUT2D eigenvalue weighted by Gasteiger charge is -2.15. The van der Waals surface area contributed by atoms with Crippen LogP contribution in [0.1, 0.15) is 5.56 Å². The molecular formula is C16H20N2O3. The molecule has 0 unspecified atom stereocenters. The van der Waals surface area contributed by atoms with Crippen LogP contribution in [-0.2, 0) is 6.54 Å². The summed E-state index contributed by atoms with van der Waals surface area (Å²) in [7, 11) is 6.71. The van der Waals surface area contributed by atoms with Crippen LogP contribution < -0.4 is 19.5 Å². The Labute approximate surface area is 124 Å². The SMILES string of the molecule is CNCc1cccnc1-c1cc(OC)c(OC)c(OC)c1. The lowest BCUT2D eigenvalue weighted by atomic mass is 10.0. The largest absolute Gasteiger partial charge is 0.493 e. The van der Waals surface area contributed by atoms with Crippen molar-refractivity contribution in [3.8, 4) is 28.5 Å². The van der Waals surface area contributed by atoms with Crippen molar-refractivity contribution in [3.05, 3.63) is 36.0 Å². The minimum absolute atomic E-state index is 0.579. The van der Waals surface area contributed by atoms with E-state index in [0.29, 0.717) is 17.2 Å². The minimum Gasteiger partial charge on any atom is -0.493 e. The zero-order valence-corrected chi connectivity index (χ0v) is 12.8. The summed E-state index contributed by atoms with van der Waals surface area (Å²) < 4.78 is 16.1. The third kappa shape index (κ3) is 3.08. The highest BCUT2D eigenvalue weighted by molar-refractivity contribution is 5.70. The van der Waals surface area contributed by atoms with Gasteiger partial charge in [-0.1, -0.05) is 6.07 Å². The minimum atomic E-state index is 0.579. The molecule has 2 rings (SSSR count). The number of methoxy groups -OCH3 is 3. The summed E-state index contributed by atoms with van der Waals surface area (Å²) in [5, 5.41) is 3.15. The van der Waals surface area contributed by atoms with Crippen LogP contribution in [0.5, 0.6) is 17.2 Å². The van der Waals surface area contributed by atoms with Crippen LogP contribution in [0, 0.1) is 0 Å². The van der Waals surface area contributed by atoms with Gasteiger partial charge in [0.05, 0.1) is 27.0 Å². The maximum Gasteiger partial charge on any atom is 0.203 e. The maximum atomic E-state index is 5.39. The van der Waals surface area contributed by atoms with Gasteiger partial charge in [-0.15, -0.1) is 0 Å². The molecule has 2 aromatic rings. The Bertz CT molecular complexity index is 589. The van der Waals surface area contributed by atoms with Crippen molar-refractivity contribution in [1.29, 1.82) is 0 Å². The van der Waals surface area contributed by atoms with E-state index in [1.807, 2.05) is 31.3 Å². The van der Waals surface area contributed by atoms with Gasteiger partial charge in [-0.05, 0) is 30.8 Å². The van der Waals surface area contributed by atoms with Gasteiger partial charge in [0.25, 0.3) is 0 Å². The Morgan fingerprint density at radius 2 is 1.71 bits per heavy atom. The smallest absolute Gasteiger partial charge is 0.203 e. The molecule has 112 valence electrons. The Morgan fingerprint density at radius 1 is 1.05 bits per heavy atom. The summed E-state index contributed by atoms with van der Waals surface area (Å²) in [6.45, 7) is 0.736. The number of nitrogens with one attached hydrogen (secondary N) is 1. The van der Waals surface area contributed by atoms with Crippen LogP contribution in [0.3, 0.4) is 0 Å². The molecule has 0 amide bonds. The van der Waals surface area contributed by atoms with E-state index in [4.69, 9.17) is 14.2 Å². The number of aromatic nitrogens is 1. The van der Waals surface area contributed by atoms with Gasteiger partial charge in [-0.3, -0.25) is 4.98 Å². The van der Waals surface area contributed by atoms with E-state index in [2.05, 4.69) is 10.3 Å². The third-order valence-corrected chi connectivity index (χ3v) is 3.20. The highest BCUT2D eigenvalue weighted by Gasteiger charge is 2.16. The molecule has 0 saturated heterocycles. The topological polar surface area (TPSA) is 52.6 Å². The van der Waals surface area contributed by atoms with Crippen molar-refractivity contribution >= 4 is 0 Å². The monoisotopic (exact) mass is 288 g/mol. The first-order chi connectivity index (χ1) is 10.2. The molecule has 0 spiro atoms. The molecule has 1 aromatic carbocycles. The molecule has 1 aromatic heterocycles. The first-order valence-corrected chi connectivity index (χ1v) is 6.64. The van der Waals surface area contributed by atoms with E-state index in [0.717, 1.165) is 23.4 Å². The summed E-state index contributed by atoms with van der Waals surface area (Å²) in [5.74, 6) is 1.82. The van der Waals surface area contributed by atoms with Crippen LogP contribution >= 0.6 is 0 Å². The number of nitrogens with zero attached hydrogens (tertiary/aromatic N) is 1. The van der Waals surface area contributed by atoms with E-state index in [1.165, 1.54) is 0 Å². The number of hydrogen-bond acceptors (Lipinski definition) is 5. The fourth-order valence-corrected chi connectivity index (χ4v) is 2.25. The molecule has 0 aliphatic carbocycles. The molecule has 1 heterocycles. The maximum absolute atomic E-state index is 5.39. The molecule has 5 heteroatoms. The molecule has 0 saturated carbocycles. The molecule has 0 bridgehead atoms. The van der Waals surface area contributed by atoms with Crippen LogP contribution in [0.15, 0.2) is 30.5 Å². The predicted molar refractivity (Wildman–Crippen MR) is 82.1 cm³/mol. The predicted octanol–water partition coefficient (Wildman–Crippen LogP) is 2.49. The zero-order chi connectivity index (χ0) is 15.2. The van der Waals surface area contributed by atoms with Gasteiger partial charge < -0.3 is 19.5 Å². The third-order valence-electron chi connectivity index (χ3n) is 3.20. The summed E-state index contributed by atoms with van der Waals surface area (Å²) in [5.41, 5.74) is 2.93. The van der Waals surface area contributed by atoms with Gasteiger partial charge in [-0.25, -0.2) is 0 Å². The average Bonchev–Trinajstić information content (AvgIpc) is 2.54. The molecule has 21 heavy (non-hydrogen) atoms. The van der Waals surface area contributed by atoms with Gasteiger partial charge in [0.2, 0.25) is 5.75 Å². The van der Waals surface area contributed by atoms with Crippen LogP contribution in [0.4, 0.5) is 0 Å². The summed E-state index contributed by atoms with van der Waals surface area (Å²) >= 11 is 0. The van der Waals surface area contributed by atoms with Gasteiger partial charge in [0.15, 0.2) is 11.5 Å².